The van der Waals surface area contributed by atoms with E-state index in [-0.39, 0.29) is 23.3 Å². The molecule has 0 unspecified atom stereocenters. The number of para-hydroxylation sites is 1. The molecule has 5 heteroatoms. The van der Waals surface area contributed by atoms with Crippen LogP contribution < -0.4 is 11.1 Å². The fraction of sp³-hybridized carbons (Fsp3) is 0.533. The molecule has 0 heterocycles. The third-order valence-electron chi connectivity index (χ3n) is 3.61. The number of nitrogens with one attached hydrogen (secondary N) is 1. The highest BCUT2D eigenvalue weighted by molar-refractivity contribution is 5.96. The first-order valence-electron chi connectivity index (χ1n) is 7.10. The van der Waals surface area contributed by atoms with Crippen molar-refractivity contribution in [1.82, 2.24) is 5.32 Å². The Hall–Kier alpha value is -1.59. The molecule has 1 aliphatic carbocycles. The first kappa shape index (κ1) is 14.8. The van der Waals surface area contributed by atoms with E-state index in [0.717, 1.165) is 25.7 Å². The molecule has 2 rings (SSSR count). The highest BCUT2D eigenvalue weighted by Crippen LogP contribution is 2.19. The number of ether oxygens (including phenoxy) is 1. The van der Waals surface area contributed by atoms with Crippen molar-refractivity contribution in [2.75, 3.05) is 13.2 Å². The minimum absolute atomic E-state index is 0.00723. The third-order valence-corrected chi connectivity index (χ3v) is 3.61. The van der Waals surface area contributed by atoms with Crippen molar-refractivity contribution >= 4 is 5.91 Å². The van der Waals surface area contributed by atoms with Crippen LogP contribution in [0.2, 0.25) is 0 Å². The van der Waals surface area contributed by atoms with Gasteiger partial charge in [-0.2, -0.15) is 0 Å². The fourth-order valence-corrected chi connectivity index (χ4v) is 2.41. The summed E-state index contributed by atoms with van der Waals surface area (Å²) in [6.07, 6.45) is 4.27. The van der Waals surface area contributed by atoms with Gasteiger partial charge in [-0.05, 0) is 37.8 Å². The van der Waals surface area contributed by atoms with Crippen LogP contribution in [0.1, 0.15) is 36.0 Å². The zero-order chi connectivity index (χ0) is 14.4. The average molecular weight is 278 g/mol. The van der Waals surface area contributed by atoms with Gasteiger partial charge in [0.05, 0.1) is 18.3 Å². The summed E-state index contributed by atoms with van der Waals surface area (Å²) in [7, 11) is 0. The van der Waals surface area contributed by atoms with Crippen LogP contribution in [0.15, 0.2) is 24.3 Å². The van der Waals surface area contributed by atoms with Crippen LogP contribution in [0.4, 0.5) is 0 Å². The Bertz CT molecular complexity index is 442. The maximum absolute atomic E-state index is 11.8. The molecule has 1 aliphatic rings. The van der Waals surface area contributed by atoms with Gasteiger partial charge in [0.15, 0.2) is 0 Å². The van der Waals surface area contributed by atoms with Gasteiger partial charge in [0, 0.05) is 12.6 Å². The largest absolute Gasteiger partial charge is 0.507 e. The molecule has 0 aromatic heterocycles. The van der Waals surface area contributed by atoms with Crippen molar-refractivity contribution in [3.05, 3.63) is 29.8 Å². The lowest BCUT2D eigenvalue weighted by atomic mass is 9.94. The molecule has 1 amide bonds. The highest BCUT2D eigenvalue weighted by atomic mass is 16.5. The van der Waals surface area contributed by atoms with Crippen LogP contribution in [0.25, 0.3) is 0 Å². The van der Waals surface area contributed by atoms with Gasteiger partial charge in [0.25, 0.3) is 5.91 Å². The Balaban J connectivity index is 1.66. The molecule has 20 heavy (non-hydrogen) atoms. The van der Waals surface area contributed by atoms with Gasteiger partial charge in [-0.1, -0.05) is 12.1 Å². The SMILES string of the molecule is NC1CCC(OCCNC(=O)c2ccccc2O)CC1. The number of hydrogen-bond donors (Lipinski definition) is 3. The van der Waals surface area contributed by atoms with Crippen LogP contribution in [-0.2, 0) is 4.74 Å². The summed E-state index contributed by atoms with van der Waals surface area (Å²) >= 11 is 0. The summed E-state index contributed by atoms with van der Waals surface area (Å²) in [5.74, 6) is -0.287. The molecule has 1 aromatic rings. The number of aromatic hydroxyl groups is 1. The Morgan fingerprint density at radius 2 is 2.00 bits per heavy atom. The number of rotatable bonds is 5. The number of carbonyl (C=O) groups excluding carboxylic acids is 1. The van der Waals surface area contributed by atoms with Gasteiger partial charge in [0.2, 0.25) is 0 Å². The van der Waals surface area contributed by atoms with Crippen molar-refractivity contribution in [3.63, 3.8) is 0 Å². The van der Waals surface area contributed by atoms with E-state index in [4.69, 9.17) is 10.5 Å². The normalized spacial score (nSPS) is 22.4. The maximum Gasteiger partial charge on any atom is 0.255 e. The molecule has 1 aromatic carbocycles. The molecular formula is C15H22N2O3. The molecule has 0 atom stereocenters. The van der Waals surface area contributed by atoms with Gasteiger partial charge in [-0.25, -0.2) is 0 Å². The lowest BCUT2D eigenvalue weighted by Gasteiger charge is -2.26. The second-order valence-corrected chi connectivity index (χ2v) is 5.18. The predicted molar refractivity (Wildman–Crippen MR) is 76.6 cm³/mol. The summed E-state index contributed by atoms with van der Waals surface area (Å²) in [5, 5.41) is 12.3. The zero-order valence-electron chi connectivity index (χ0n) is 11.5. The van der Waals surface area contributed by atoms with Gasteiger partial charge in [-0.3, -0.25) is 4.79 Å². The quantitative estimate of drug-likeness (QED) is 0.711. The maximum atomic E-state index is 11.8. The Kier molecular flexibility index (Phi) is 5.38. The Morgan fingerprint density at radius 1 is 1.30 bits per heavy atom. The van der Waals surface area contributed by atoms with Crippen molar-refractivity contribution in [3.8, 4) is 5.75 Å². The standard InChI is InChI=1S/C15H22N2O3/c16-11-5-7-12(8-6-11)20-10-9-17-15(19)13-3-1-2-4-14(13)18/h1-4,11-12,18H,5-10,16H2,(H,17,19). The second kappa shape index (κ2) is 7.26. The van der Waals surface area contributed by atoms with Crippen molar-refractivity contribution in [1.29, 1.82) is 0 Å². The summed E-state index contributed by atoms with van der Waals surface area (Å²) in [6, 6.07) is 6.81. The topological polar surface area (TPSA) is 84.6 Å². The van der Waals surface area contributed by atoms with E-state index >= 15 is 0 Å². The van der Waals surface area contributed by atoms with E-state index < -0.39 is 0 Å². The monoisotopic (exact) mass is 278 g/mol. The van der Waals surface area contributed by atoms with Gasteiger partial charge < -0.3 is 20.9 Å². The van der Waals surface area contributed by atoms with Crippen molar-refractivity contribution in [2.24, 2.45) is 5.73 Å². The van der Waals surface area contributed by atoms with E-state index in [2.05, 4.69) is 5.32 Å². The number of phenolic OH excluding ortho intramolecular Hbond substituents is 1. The number of benzene rings is 1. The first-order valence-corrected chi connectivity index (χ1v) is 7.10. The van der Waals surface area contributed by atoms with E-state index in [1.807, 2.05) is 0 Å². The summed E-state index contributed by atoms with van der Waals surface area (Å²) in [4.78, 5) is 11.8. The molecule has 0 spiro atoms. The van der Waals surface area contributed by atoms with Crippen LogP contribution in [0.5, 0.6) is 5.75 Å². The highest BCUT2D eigenvalue weighted by Gasteiger charge is 2.18. The van der Waals surface area contributed by atoms with Crippen LogP contribution in [0.3, 0.4) is 0 Å². The lowest BCUT2D eigenvalue weighted by Crippen LogP contribution is -2.33. The predicted octanol–water partition coefficient (Wildman–Crippen LogP) is 1.41. The van der Waals surface area contributed by atoms with Crippen LogP contribution in [0, 0.1) is 0 Å². The summed E-state index contributed by atoms with van der Waals surface area (Å²) in [5.41, 5.74) is 6.12. The first-order chi connectivity index (χ1) is 9.66. The van der Waals surface area contributed by atoms with Gasteiger partial charge in [-0.15, -0.1) is 0 Å². The van der Waals surface area contributed by atoms with Gasteiger partial charge in [0.1, 0.15) is 5.75 Å². The second-order valence-electron chi connectivity index (χ2n) is 5.18. The number of hydrogen-bond acceptors (Lipinski definition) is 4. The van der Waals surface area contributed by atoms with Crippen molar-refractivity contribution < 1.29 is 14.6 Å². The Labute approximate surface area is 119 Å². The summed E-state index contributed by atoms with van der Waals surface area (Å²) in [6.45, 7) is 0.926. The molecule has 5 nitrogen and oxygen atoms in total. The molecule has 110 valence electrons. The zero-order valence-corrected chi connectivity index (χ0v) is 11.5. The number of carbonyl (C=O) groups is 1. The molecular weight excluding hydrogens is 256 g/mol. The van der Waals surface area contributed by atoms with E-state index in [0.29, 0.717) is 19.2 Å². The molecule has 4 N–H and O–H groups in total. The molecule has 0 bridgehead atoms. The summed E-state index contributed by atoms with van der Waals surface area (Å²) < 4.78 is 5.72. The number of nitrogens with two attached hydrogens (primary N) is 1. The third kappa shape index (κ3) is 4.21. The lowest BCUT2D eigenvalue weighted by molar-refractivity contribution is 0.0267. The van der Waals surface area contributed by atoms with Crippen LogP contribution in [-0.4, -0.2) is 36.3 Å². The Morgan fingerprint density at radius 3 is 2.70 bits per heavy atom. The smallest absolute Gasteiger partial charge is 0.255 e. The molecule has 1 saturated carbocycles. The van der Waals surface area contributed by atoms with Crippen LogP contribution >= 0.6 is 0 Å². The number of phenols is 1. The fourth-order valence-electron chi connectivity index (χ4n) is 2.41. The van der Waals surface area contributed by atoms with Crippen molar-refractivity contribution in [2.45, 2.75) is 37.8 Å². The molecule has 1 fully saturated rings. The average Bonchev–Trinajstić information content (AvgIpc) is 2.46. The number of amides is 1. The van der Waals surface area contributed by atoms with E-state index in [1.165, 1.54) is 6.07 Å². The van der Waals surface area contributed by atoms with E-state index in [9.17, 15) is 9.90 Å². The van der Waals surface area contributed by atoms with Gasteiger partial charge >= 0.3 is 0 Å². The van der Waals surface area contributed by atoms with E-state index in [1.54, 1.807) is 18.2 Å². The molecule has 0 saturated heterocycles. The minimum Gasteiger partial charge on any atom is -0.507 e. The minimum atomic E-state index is -0.280. The molecule has 0 radical (unpaired) electrons. The molecule has 0 aliphatic heterocycles.